The van der Waals surface area contributed by atoms with Gasteiger partial charge in [-0.05, 0) is 45.6 Å². The van der Waals surface area contributed by atoms with E-state index in [1.165, 1.54) is 27.6 Å². The molecule has 30 heavy (non-hydrogen) atoms. The molecule has 148 valence electrons. The van der Waals surface area contributed by atoms with Crippen LogP contribution in [-0.4, -0.2) is 8.07 Å². The lowest BCUT2D eigenvalue weighted by Gasteiger charge is -2.23. The zero-order valence-electron chi connectivity index (χ0n) is 17.8. The molecule has 0 N–H and O–H groups in total. The van der Waals surface area contributed by atoms with Crippen molar-refractivity contribution in [3.05, 3.63) is 90.4 Å². The first-order valence-electron chi connectivity index (χ1n) is 10.4. The maximum absolute atomic E-state index is 16.1. The van der Waals surface area contributed by atoms with E-state index in [0.717, 1.165) is 16.3 Å². The normalized spacial score (nSPS) is 13.8. The molecule has 3 heteroatoms. The van der Waals surface area contributed by atoms with Crippen LogP contribution in [0.2, 0.25) is 13.1 Å². The van der Waals surface area contributed by atoms with Gasteiger partial charge in [-0.15, -0.1) is 0 Å². The van der Waals surface area contributed by atoms with Crippen molar-refractivity contribution in [3.63, 3.8) is 0 Å². The number of hydrogen-bond acceptors (Lipinski definition) is 0. The molecule has 1 aromatic heterocycles. The van der Waals surface area contributed by atoms with E-state index in [-0.39, 0.29) is 5.82 Å². The highest BCUT2D eigenvalue weighted by molar-refractivity contribution is 7.04. The number of rotatable bonds is 2. The summed E-state index contributed by atoms with van der Waals surface area (Å²) in [6.45, 7) is 6.75. The molecule has 1 nitrogen and oxygen atoms in total. The maximum atomic E-state index is 16.1. The lowest BCUT2D eigenvalue weighted by molar-refractivity contribution is -0.660. The fraction of sp³-hybridized carbons (Fsp3) is 0.148. The summed E-state index contributed by atoms with van der Waals surface area (Å²) in [6, 6.07) is 24.6. The fourth-order valence-corrected chi connectivity index (χ4v) is 8.74. The van der Waals surface area contributed by atoms with Gasteiger partial charge < -0.3 is 0 Å². The average Bonchev–Trinajstić information content (AvgIpc) is 2.97. The Morgan fingerprint density at radius 3 is 2.10 bits per heavy atom. The Bertz CT molecular complexity index is 1290. The average molecular weight is 411 g/mol. The van der Waals surface area contributed by atoms with Crippen LogP contribution in [0.4, 0.5) is 4.39 Å². The Morgan fingerprint density at radius 2 is 1.37 bits per heavy atom. The summed E-state index contributed by atoms with van der Waals surface area (Å²) in [5.41, 5.74) is 7.60. The smallest absolute Gasteiger partial charge is 0.206 e. The number of aryl methyl sites for hydroxylation is 2. The summed E-state index contributed by atoms with van der Waals surface area (Å²) in [5, 5.41) is 2.28. The van der Waals surface area contributed by atoms with Crippen molar-refractivity contribution >= 4 is 18.4 Å². The van der Waals surface area contributed by atoms with Gasteiger partial charge in [0.25, 0.3) is 0 Å². The second-order valence-corrected chi connectivity index (χ2v) is 13.0. The van der Waals surface area contributed by atoms with Crippen LogP contribution in [0.1, 0.15) is 5.56 Å². The third kappa shape index (κ3) is 2.62. The number of halogens is 1. The van der Waals surface area contributed by atoms with Crippen molar-refractivity contribution in [3.8, 4) is 33.5 Å². The van der Waals surface area contributed by atoms with Crippen LogP contribution in [0, 0.1) is 12.7 Å². The van der Waals surface area contributed by atoms with Gasteiger partial charge in [0, 0.05) is 23.3 Å². The highest BCUT2D eigenvalue weighted by Crippen LogP contribution is 2.37. The SMILES string of the molecule is Cc1ccc2c(c1-c1cccc[n+]1C)[Si](C)(C)c1c-2ccc(-c2ccccc2)c1F. The number of fused-ring (bicyclic) bond motifs is 3. The van der Waals surface area contributed by atoms with E-state index in [9.17, 15) is 0 Å². The quantitative estimate of drug-likeness (QED) is 0.320. The number of pyridine rings is 1. The maximum Gasteiger partial charge on any atom is 0.212 e. The number of aromatic nitrogens is 1. The molecule has 0 bridgehead atoms. The Morgan fingerprint density at radius 1 is 0.733 bits per heavy atom. The highest BCUT2D eigenvalue weighted by atomic mass is 28.3. The predicted molar refractivity (Wildman–Crippen MR) is 125 cm³/mol. The molecule has 5 rings (SSSR count). The third-order valence-electron chi connectivity index (χ3n) is 6.49. The molecule has 0 spiro atoms. The van der Waals surface area contributed by atoms with Gasteiger partial charge in [-0.1, -0.05) is 67.7 Å². The first-order valence-corrected chi connectivity index (χ1v) is 13.4. The standard InChI is InChI=1S/C27H25FNSi/c1-18-13-14-21-22-16-15-20(19-10-6-5-7-11-19)25(28)27(22)30(3,4)26(21)24(18)23-12-8-9-17-29(23)2/h5-17H,1-4H3/q+1. The molecule has 4 aromatic rings. The fourth-order valence-electron chi connectivity index (χ4n) is 5.07. The summed E-state index contributed by atoms with van der Waals surface area (Å²) < 4.78 is 18.2. The number of hydrogen-bond donors (Lipinski definition) is 0. The minimum atomic E-state index is -2.26. The van der Waals surface area contributed by atoms with Crippen LogP contribution in [0.5, 0.6) is 0 Å². The van der Waals surface area contributed by atoms with Gasteiger partial charge in [0.1, 0.15) is 20.9 Å². The molecule has 0 unspecified atom stereocenters. The Kier molecular flexibility index (Phi) is 4.26. The monoisotopic (exact) mass is 410 g/mol. The Labute approximate surface area is 178 Å². The lowest BCUT2D eigenvalue weighted by Crippen LogP contribution is -2.52. The van der Waals surface area contributed by atoms with Gasteiger partial charge in [-0.3, -0.25) is 0 Å². The number of nitrogens with zero attached hydrogens (tertiary/aromatic N) is 1. The van der Waals surface area contributed by atoms with Gasteiger partial charge in [-0.25, -0.2) is 8.96 Å². The van der Waals surface area contributed by atoms with E-state index < -0.39 is 8.07 Å². The Balaban J connectivity index is 1.81. The van der Waals surface area contributed by atoms with E-state index in [0.29, 0.717) is 5.56 Å². The van der Waals surface area contributed by atoms with Crippen molar-refractivity contribution in [2.75, 3.05) is 0 Å². The summed E-state index contributed by atoms with van der Waals surface area (Å²) >= 11 is 0. The summed E-state index contributed by atoms with van der Waals surface area (Å²) in [7, 11) is -0.178. The number of benzene rings is 3. The van der Waals surface area contributed by atoms with Crippen LogP contribution in [0.15, 0.2) is 79.0 Å². The molecule has 0 saturated heterocycles. The second-order valence-electron chi connectivity index (χ2n) is 8.72. The summed E-state index contributed by atoms with van der Waals surface area (Å²) in [4.78, 5) is 0. The minimum absolute atomic E-state index is 0.0485. The van der Waals surface area contributed by atoms with Gasteiger partial charge >= 0.3 is 0 Å². The minimum Gasteiger partial charge on any atom is -0.206 e. The lowest BCUT2D eigenvalue weighted by atomic mass is 9.95. The predicted octanol–water partition coefficient (Wildman–Crippen LogP) is 5.10. The Hall–Kier alpha value is -3.04. The molecular formula is C27H25FNSi+. The molecule has 2 heterocycles. The first-order chi connectivity index (χ1) is 14.4. The molecule has 1 aliphatic heterocycles. The summed E-state index contributed by atoms with van der Waals surface area (Å²) in [6.07, 6.45) is 2.08. The molecule has 0 fully saturated rings. The zero-order chi connectivity index (χ0) is 21.0. The van der Waals surface area contributed by atoms with Crippen LogP contribution in [0.25, 0.3) is 33.5 Å². The molecule has 3 aromatic carbocycles. The van der Waals surface area contributed by atoms with E-state index in [1.54, 1.807) is 0 Å². The van der Waals surface area contributed by atoms with E-state index in [4.69, 9.17) is 0 Å². The van der Waals surface area contributed by atoms with Crippen LogP contribution >= 0.6 is 0 Å². The van der Waals surface area contributed by atoms with Gasteiger partial charge in [0.2, 0.25) is 5.69 Å². The largest absolute Gasteiger partial charge is 0.212 e. The molecule has 0 saturated carbocycles. The van der Waals surface area contributed by atoms with E-state index in [2.05, 4.69) is 68.2 Å². The van der Waals surface area contributed by atoms with Crippen molar-refractivity contribution in [1.29, 1.82) is 0 Å². The van der Waals surface area contributed by atoms with Gasteiger partial charge in [0.05, 0.1) is 0 Å². The van der Waals surface area contributed by atoms with Crippen LogP contribution < -0.4 is 14.9 Å². The third-order valence-corrected chi connectivity index (χ3v) is 10.00. The molecule has 0 radical (unpaired) electrons. The van der Waals surface area contributed by atoms with Gasteiger partial charge in [0.15, 0.2) is 6.20 Å². The molecule has 0 aliphatic carbocycles. The summed E-state index contributed by atoms with van der Waals surface area (Å²) in [5.74, 6) is -0.0485. The molecule has 0 amide bonds. The zero-order valence-corrected chi connectivity index (χ0v) is 18.8. The van der Waals surface area contributed by atoms with Gasteiger partial charge in [-0.2, -0.15) is 0 Å². The molecule has 1 aliphatic rings. The van der Waals surface area contributed by atoms with Crippen molar-refractivity contribution < 1.29 is 8.96 Å². The highest BCUT2D eigenvalue weighted by Gasteiger charge is 2.43. The van der Waals surface area contributed by atoms with Crippen molar-refractivity contribution in [2.24, 2.45) is 7.05 Å². The van der Waals surface area contributed by atoms with E-state index >= 15 is 4.39 Å². The van der Waals surface area contributed by atoms with Crippen LogP contribution in [-0.2, 0) is 7.05 Å². The van der Waals surface area contributed by atoms with Crippen LogP contribution in [0.3, 0.4) is 0 Å². The topological polar surface area (TPSA) is 3.88 Å². The molecular weight excluding hydrogens is 385 g/mol. The van der Waals surface area contributed by atoms with E-state index in [1.807, 2.05) is 42.5 Å². The first kappa shape index (κ1) is 19.0. The molecule has 0 atom stereocenters. The second kappa shape index (κ2) is 6.75. The van der Waals surface area contributed by atoms with Crippen molar-refractivity contribution in [2.45, 2.75) is 20.0 Å². The van der Waals surface area contributed by atoms with Crippen molar-refractivity contribution in [1.82, 2.24) is 0 Å².